The van der Waals surface area contributed by atoms with E-state index in [2.05, 4.69) is 5.92 Å². The highest BCUT2D eigenvalue weighted by Gasteiger charge is 2.04. The number of rotatable bonds is 3. The SMILES string of the molecule is C#CCOc1ccc(C(C)N)cc1Cl. The van der Waals surface area contributed by atoms with Crippen molar-refractivity contribution in [3.8, 4) is 18.1 Å². The summed E-state index contributed by atoms with van der Waals surface area (Å²) in [5.41, 5.74) is 6.68. The van der Waals surface area contributed by atoms with Crippen molar-refractivity contribution in [3.63, 3.8) is 0 Å². The fourth-order valence-electron chi connectivity index (χ4n) is 1.04. The molecular formula is C11H12ClNO. The van der Waals surface area contributed by atoms with Crippen molar-refractivity contribution in [1.82, 2.24) is 0 Å². The lowest BCUT2D eigenvalue weighted by molar-refractivity contribution is 0.370. The van der Waals surface area contributed by atoms with Gasteiger partial charge in [0.2, 0.25) is 0 Å². The van der Waals surface area contributed by atoms with Crippen LogP contribution in [0.1, 0.15) is 18.5 Å². The van der Waals surface area contributed by atoms with Crippen molar-refractivity contribution in [2.45, 2.75) is 13.0 Å². The van der Waals surface area contributed by atoms with Crippen LogP contribution in [0.2, 0.25) is 5.02 Å². The molecule has 2 N–H and O–H groups in total. The van der Waals surface area contributed by atoms with E-state index in [1.165, 1.54) is 0 Å². The van der Waals surface area contributed by atoms with Gasteiger partial charge in [0, 0.05) is 6.04 Å². The quantitative estimate of drug-likeness (QED) is 0.776. The maximum atomic E-state index is 5.96. The number of halogens is 1. The number of ether oxygens (including phenoxy) is 1. The van der Waals surface area contributed by atoms with Gasteiger partial charge in [0.25, 0.3) is 0 Å². The zero-order valence-electron chi connectivity index (χ0n) is 7.96. The Hall–Kier alpha value is -1.17. The van der Waals surface area contributed by atoms with Crippen LogP contribution in [-0.4, -0.2) is 6.61 Å². The van der Waals surface area contributed by atoms with Crippen LogP contribution >= 0.6 is 11.6 Å². The third kappa shape index (κ3) is 2.66. The maximum Gasteiger partial charge on any atom is 0.148 e. The summed E-state index contributed by atoms with van der Waals surface area (Å²) in [7, 11) is 0. The molecule has 0 heterocycles. The summed E-state index contributed by atoms with van der Waals surface area (Å²) in [6, 6.07) is 5.41. The van der Waals surface area contributed by atoms with Crippen LogP contribution in [0, 0.1) is 12.3 Å². The molecule has 0 bridgehead atoms. The van der Waals surface area contributed by atoms with Gasteiger partial charge in [-0.05, 0) is 24.6 Å². The molecule has 0 spiro atoms. The molecule has 0 amide bonds. The molecule has 0 aromatic heterocycles. The Balaban J connectivity index is 2.85. The molecule has 2 nitrogen and oxygen atoms in total. The van der Waals surface area contributed by atoms with Crippen LogP contribution in [-0.2, 0) is 0 Å². The minimum Gasteiger partial charge on any atom is -0.479 e. The molecule has 0 saturated heterocycles. The van der Waals surface area contributed by atoms with E-state index in [-0.39, 0.29) is 12.6 Å². The second-order valence-electron chi connectivity index (χ2n) is 2.97. The predicted molar refractivity (Wildman–Crippen MR) is 58.4 cm³/mol. The van der Waals surface area contributed by atoms with E-state index < -0.39 is 0 Å². The van der Waals surface area contributed by atoms with Crippen LogP contribution in [0.5, 0.6) is 5.75 Å². The Kier molecular flexibility index (Phi) is 3.82. The van der Waals surface area contributed by atoms with Crippen molar-refractivity contribution in [1.29, 1.82) is 0 Å². The molecule has 0 fully saturated rings. The van der Waals surface area contributed by atoms with E-state index in [0.717, 1.165) is 5.56 Å². The van der Waals surface area contributed by atoms with Crippen LogP contribution in [0.4, 0.5) is 0 Å². The van der Waals surface area contributed by atoms with Gasteiger partial charge in [-0.1, -0.05) is 23.6 Å². The smallest absolute Gasteiger partial charge is 0.148 e. The molecule has 0 aliphatic heterocycles. The highest BCUT2D eigenvalue weighted by Crippen LogP contribution is 2.27. The summed E-state index contributed by atoms with van der Waals surface area (Å²) >= 11 is 5.96. The molecule has 1 rings (SSSR count). The summed E-state index contributed by atoms with van der Waals surface area (Å²) in [5.74, 6) is 2.97. The number of terminal acetylenes is 1. The molecule has 0 aliphatic rings. The fourth-order valence-corrected chi connectivity index (χ4v) is 1.28. The molecule has 0 radical (unpaired) electrons. The molecule has 1 unspecified atom stereocenters. The number of hydrogen-bond acceptors (Lipinski definition) is 2. The number of benzene rings is 1. The largest absolute Gasteiger partial charge is 0.479 e. The van der Waals surface area contributed by atoms with Crippen LogP contribution in [0.25, 0.3) is 0 Å². The molecule has 1 aromatic rings. The summed E-state index contributed by atoms with van der Waals surface area (Å²) in [5, 5.41) is 0.537. The molecule has 14 heavy (non-hydrogen) atoms. The Morgan fingerprint density at radius 3 is 2.86 bits per heavy atom. The lowest BCUT2D eigenvalue weighted by atomic mass is 10.1. The van der Waals surface area contributed by atoms with Gasteiger partial charge in [0.1, 0.15) is 12.4 Å². The van der Waals surface area contributed by atoms with Gasteiger partial charge in [-0.15, -0.1) is 6.42 Å². The normalized spacial score (nSPS) is 11.9. The first-order valence-electron chi connectivity index (χ1n) is 4.26. The summed E-state index contributed by atoms with van der Waals surface area (Å²) in [6.07, 6.45) is 5.07. The number of nitrogens with two attached hydrogens (primary N) is 1. The summed E-state index contributed by atoms with van der Waals surface area (Å²) < 4.78 is 5.21. The Morgan fingerprint density at radius 1 is 1.64 bits per heavy atom. The molecule has 3 heteroatoms. The van der Waals surface area contributed by atoms with Crippen LogP contribution in [0.15, 0.2) is 18.2 Å². The van der Waals surface area contributed by atoms with E-state index >= 15 is 0 Å². The lowest BCUT2D eigenvalue weighted by Gasteiger charge is -2.09. The Bertz CT molecular complexity index is 355. The van der Waals surface area contributed by atoms with Crippen molar-refractivity contribution < 1.29 is 4.74 Å². The zero-order valence-corrected chi connectivity index (χ0v) is 8.71. The predicted octanol–water partition coefficient (Wildman–Crippen LogP) is 2.37. The van der Waals surface area contributed by atoms with Crippen molar-refractivity contribution in [2.24, 2.45) is 5.73 Å². The standard InChI is InChI=1S/C11H12ClNO/c1-3-6-14-11-5-4-9(8(2)13)7-10(11)12/h1,4-5,7-8H,6,13H2,2H3. The minimum absolute atomic E-state index is 0.0332. The monoisotopic (exact) mass is 209 g/mol. The van der Waals surface area contributed by atoms with Gasteiger partial charge >= 0.3 is 0 Å². The summed E-state index contributed by atoms with van der Waals surface area (Å²) in [6.45, 7) is 2.12. The first-order valence-corrected chi connectivity index (χ1v) is 4.64. The van der Waals surface area contributed by atoms with Crippen molar-refractivity contribution in [2.75, 3.05) is 6.61 Å². The maximum absolute atomic E-state index is 5.96. The van der Waals surface area contributed by atoms with Crippen LogP contribution in [0.3, 0.4) is 0 Å². The first-order chi connectivity index (χ1) is 6.65. The molecule has 1 atom stereocenters. The van der Waals surface area contributed by atoms with Gasteiger partial charge in [0.15, 0.2) is 0 Å². The van der Waals surface area contributed by atoms with Gasteiger partial charge in [-0.3, -0.25) is 0 Å². The lowest BCUT2D eigenvalue weighted by Crippen LogP contribution is -2.05. The molecule has 0 aliphatic carbocycles. The molecule has 1 aromatic carbocycles. The average Bonchev–Trinajstić information content (AvgIpc) is 2.15. The van der Waals surface area contributed by atoms with E-state index in [4.69, 9.17) is 28.5 Å². The molecule has 74 valence electrons. The van der Waals surface area contributed by atoms with E-state index in [1.54, 1.807) is 12.1 Å². The van der Waals surface area contributed by atoms with E-state index in [0.29, 0.717) is 10.8 Å². The second kappa shape index (κ2) is 4.90. The third-order valence-corrected chi connectivity index (χ3v) is 2.09. The van der Waals surface area contributed by atoms with Crippen molar-refractivity contribution >= 4 is 11.6 Å². The fraction of sp³-hybridized carbons (Fsp3) is 0.273. The van der Waals surface area contributed by atoms with Crippen LogP contribution < -0.4 is 10.5 Å². The van der Waals surface area contributed by atoms with E-state index in [9.17, 15) is 0 Å². The zero-order chi connectivity index (χ0) is 10.6. The average molecular weight is 210 g/mol. The number of hydrogen-bond donors (Lipinski definition) is 1. The summed E-state index contributed by atoms with van der Waals surface area (Å²) in [4.78, 5) is 0. The van der Waals surface area contributed by atoms with Gasteiger partial charge in [-0.2, -0.15) is 0 Å². The second-order valence-corrected chi connectivity index (χ2v) is 3.38. The first kappa shape index (κ1) is 10.9. The van der Waals surface area contributed by atoms with Gasteiger partial charge < -0.3 is 10.5 Å². The molecular weight excluding hydrogens is 198 g/mol. The van der Waals surface area contributed by atoms with Crippen molar-refractivity contribution in [3.05, 3.63) is 28.8 Å². The molecule has 0 saturated carbocycles. The third-order valence-electron chi connectivity index (χ3n) is 1.79. The Morgan fingerprint density at radius 2 is 2.36 bits per heavy atom. The minimum atomic E-state index is -0.0332. The topological polar surface area (TPSA) is 35.2 Å². The van der Waals surface area contributed by atoms with Gasteiger partial charge in [-0.25, -0.2) is 0 Å². The van der Waals surface area contributed by atoms with Gasteiger partial charge in [0.05, 0.1) is 5.02 Å². The Labute approximate surface area is 89.0 Å². The van der Waals surface area contributed by atoms with E-state index in [1.807, 2.05) is 13.0 Å². The highest BCUT2D eigenvalue weighted by molar-refractivity contribution is 6.32. The highest BCUT2D eigenvalue weighted by atomic mass is 35.5.